The van der Waals surface area contributed by atoms with Crippen LogP contribution in [0.15, 0.2) is 53.4 Å². The van der Waals surface area contributed by atoms with Gasteiger partial charge in [-0.15, -0.1) is 11.3 Å². The Morgan fingerprint density at radius 2 is 1.97 bits per heavy atom. The number of amides is 2. The molecule has 0 bridgehead atoms. The molecule has 0 saturated heterocycles. The molecule has 30 heavy (non-hydrogen) atoms. The number of rotatable bonds is 4. The third-order valence-electron chi connectivity index (χ3n) is 4.97. The summed E-state index contributed by atoms with van der Waals surface area (Å²) in [6.45, 7) is 6.25. The lowest BCUT2D eigenvalue weighted by Crippen LogP contribution is -2.43. The number of benzene rings is 2. The highest BCUT2D eigenvalue weighted by Gasteiger charge is 2.28. The van der Waals surface area contributed by atoms with E-state index in [1.807, 2.05) is 47.8 Å². The van der Waals surface area contributed by atoms with Gasteiger partial charge in [-0.3, -0.25) is 14.5 Å². The molecule has 7 heteroatoms. The largest absolute Gasteiger partial charge is 0.482 e. The topological polar surface area (TPSA) is 71.5 Å². The highest BCUT2D eigenvalue weighted by molar-refractivity contribution is 7.07. The lowest BCUT2D eigenvalue weighted by Gasteiger charge is -2.29. The fourth-order valence-electron chi connectivity index (χ4n) is 3.29. The Kier molecular flexibility index (Phi) is 5.30. The van der Waals surface area contributed by atoms with Gasteiger partial charge in [0.25, 0.3) is 5.91 Å². The van der Waals surface area contributed by atoms with E-state index in [1.54, 1.807) is 5.51 Å². The maximum Gasteiger partial charge on any atom is 0.265 e. The van der Waals surface area contributed by atoms with Gasteiger partial charge in [-0.2, -0.15) is 0 Å². The first kappa shape index (κ1) is 20.1. The van der Waals surface area contributed by atoms with Gasteiger partial charge in [0.15, 0.2) is 6.61 Å². The van der Waals surface area contributed by atoms with E-state index in [9.17, 15) is 9.59 Å². The quantitative estimate of drug-likeness (QED) is 0.675. The summed E-state index contributed by atoms with van der Waals surface area (Å²) in [6, 6.07) is 13.3. The molecular formula is C23H23N3O3S. The van der Waals surface area contributed by atoms with Crippen LogP contribution in [0.3, 0.4) is 0 Å². The summed E-state index contributed by atoms with van der Waals surface area (Å²) in [5.74, 6) is 0.0610. The van der Waals surface area contributed by atoms with Crippen molar-refractivity contribution in [3.8, 4) is 17.0 Å². The molecule has 2 heterocycles. The van der Waals surface area contributed by atoms with Crippen molar-refractivity contribution >= 4 is 34.5 Å². The molecule has 0 fully saturated rings. The fourth-order valence-corrected chi connectivity index (χ4v) is 3.85. The van der Waals surface area contributed by atoms with E-state index in [4.69, 9.17) is 4.74 Å². The first-order chi connectivity index (χ1) is 14.3. The van der Waals surface area contributed by atoms with Crippen LogP contribution in [-0.2, 0) is 15.0 Å². The van der Waals surface area contributed by atoms with Crippen LogP contribution in [-0.4, -0.2) is 29.9 Å². The summed E-state index contributed by atoms with van der Waals surface area (Å²) in [5, 5.41) is 4.81. The van der Waals surface area contributed by atoms with Crippen LogP contribution in [0.2, 0.25) is 0 Å². The van der Waals surface area contributed by atoms with Crippen molar-refractivity contribution < 1.29 is 14.3 Å². The predicted molar refractivity (Wildman–Crippen MR) is 119 cm³/mol. The van der Waals surface area contributed by atoms with Crippen molar-refractivity contribution in [3.05, 3.63) is 58.9 Å². The number of hydrogen-bond donors (Lipinski definition) is 1. The second kappa shape index (κ2) is 7.91. The zero-order valence-corrected chi connectivity index (χ0v) is 18.0. The maximum absolute atomic E-state index is 12.7. The zero-order chi connectivity index (χ0) is 21.3. The minimum absolute atomic E-state index is 0.0431. The van der Waals surface area contributed by atoms with E-state index >= 15 is 0 Å². The number of carbonyl (C=O) groups is 2. The first-order valence-electron chi connectivity index (χ1n) is 9.67. The van der Waals surface area contributed by atoms with Gasteiger partial charge in [-0.1, -0.05) is 32.9 Å². The van der Waals surface area contributed by atoms with E-state index in [0.29, 0.717) is 17.1 Å². The molecular weight excluding hydrogens is 398 g/mol. The van der Waals surface area contributed by atoms with Crippen molar-refractivity contribution in [3.63, 3.8) is 0 Å². The summed E-state index contributed by atoms with van der Waals surface area (Å²) in [5.41, 5.74) is 5.96. The van der Waals surface area contributed by atoms with Crippen LogP contribution >= 0.6 is 11.3 Å². The zero-order valence-electron chi connectivity index (χ0n) is 17.1. The molecule has 154 valence electrons. The van der Waals surface area contributed by atoms with Crippen molar-refractivity contribution in [2.75, 3.05) is 23.4 Å². The number of aromatic nitrogens is 1. The normalized spacial score (nSPS) is 13.6. The first-order valence-corrected chi connectivity index (χ1v) is 10.6. The number of nitrogens with zero attached hydrogens (tertiary/aromatic N) is 2. The van der Waals surface area contributed by atoms with Crippen LogP contribution in [0.5, 0.6) is 5.75 Å². The summed E-state index contributed by atoms with van der Waals surface area (Å²) < 4.78 is 5.54. The Labute approximate surface area is 179 Å². The summed E-state index contributed by atoms with van der Waals surface area (Å²) in [7, 11) is 0. The van der Waals surface area contributed by atoms with Crippen LogP contribution in [0, 0.1) is 0 Å². The maximum atomic E-state index is 12.7. The molecule has 4 rings (SSSR count). The Morgan fingerprint density at radius 1 is 1.20 bits per heavy atom. The molecule has 0 atom stereocenters. The molecule has 0 spiro atoms. The second-order valence-electron chi connectivity index (χ2n) is 8.20. The van der Waals surface area contributed by atoms with Crippen molar-refractivity contribution in [1.82, 2.24) is 4.98 Å². The number of fused-ring (bicyclic) bond motifs is 1. The SMILES string of the molecule is CC(C)(C)c1ccc(NC(=O)CN2C(=O)COc3ccc(-c4cscn4)cc32)cc1. The number of hydrogen-bond acceptors (Lipinski definition) is 5. The monoisotopic (exact) mass is 421 g/mol. The van der Waals surface area contributed by atoms with Gasteiger partial charge in [-0.25, -0.2) is 4.98 Å². The molecule has 3 aromatic rings. The van der Waals surface area contributed by atoms with Crippen molar-refractivity contribution in [2.45, 2.75) is 26.2 Å². The van der Waals surface area contributed by atoms with E-state index in [0.717, 1.165) is 11.3 Å². The molecule has 1 aromatic heterocycles. The predicted octanol–water partition coefficient (Wildman–Crippen LogP) is 4.47. The Morgan fingerprint density at radius 3 is 2.63 bits per heavy atom. The van der Waals surface area contributed by atoms with Crippen molar-refractivity contribution in [2.24, 2.45) is 0 Å². The second-order valence-corrected chi connectivity index (χ2v) is 8.92. The molecule has 1 aliphatic rings. The average molecular weight is 422 g/mol. The van der Waals surface area contributed by atoms with E-state index in [-0.39, 0.29) is 30.4 Å². The van der Waals surface area contributed by atoms with Crippen molar-refractivity contribution in [1.29, 1.82) is 0 Å². The molecule has 0 aliphatic carbocycles. The van der Waals surface area contributed by atoms with Crippen LogP contribution < -0.4 is 15.0 Å². The average Bonchev–Trinajstić information content (AvgIpc) is 3.24. The standard InChI is InChI=1S/C23H23N3O3S/c1-23(2,3)16-5-7-17(8-6-16)25-21(27)11-26-19-10-15(18-13-30-14-24-18)4-9-20(19)29-12-22(26)28/h4-10,13-14H,11-12H2,1-3H3,(H,25,27). The van der Waals surface area contributed by atoms with Gasteiger partial charge in [-0.05, 0) is 41.3 Å². The Bertz CT molecular complexity index is 1070. The third kappa shape index (κ3) is 4.21. The minimum Gasteiger partial charge on any atom is -0.482 e. The van der Waals surface area contributed by atoms with Gasteiger partial charge in [0, 0.05) is 16.6 Å². The number of nitrogens with one attached hydrogen (secondary N) is 1. The molecule has 6 nitrogen and oxygen atoms in total. The lowest BCUT2D eigenvalue weighted by molar-refractivity contribution is -0.123. The van der Waals surface area contributed by atoms with Gasteiger partial charge in [0.2, 0.25) is 5.91 Å². The van der Waals surface area contributed by atoms with Gasteiger partial charge in [0.1, 0.15) is 12.3 Å². The Balaban J connectivity index is 1.52. The smallest absolute Gasteiger partial charge is 0.265 e. The number of thiazole rings is 1. The molecule has 0 unspecified atom stereocenters. The van der Waals surface area contributed by atoms with Gasteiger partial charge >= 0.3 is 0 Å². The fraction of sp³-hybridized carbons (Fsp3) is 0.261. The summed E-state index contributed by atoms with van der Waals surface area (Å²) in [6.07, 6.45) is 0. The van der Waals surface area contributed by atoms with E-state index in [2.05, 4.69) is 31.1 Å². The third-order valence-corrected chi connectivity index (χ3v) is 5.55. The Hall–Kier alpha value is -3.19. The summed E-state index contributed by atoms with van der Waals surface area (Å²) in [4.78, 5) is 31.0. The molecule has 2 aromatic carbocycles. The number of ether oxygens (including phenoxy) is 1. The highest BCUT2D eigenvalue weighted by atomic mass is 32.1. The number of carbonyl (C=O) groups excluding carboxylic acids is 2. The van der Waals surface area contributed by atoms with E-state index in [1.165, 1.54) is 21.8 Å². The molecule has 0 radical (unpaired) electrons. The van der Waals surface area contributed by atoms with E-state index < -0.39 is 0 Å². The molecule has 0 saturated carbocycles. The van der Waals surface area contributed by atoms with Crippen LogP contribution in [0.25, 0.3) is 11.3 Å². The van der Waals surface area contributed by atoms with Crippen LogP contribution in [0.4, 0.5) is 11.4 Å². The lowest BCUT2D eigenvalue weighted by atomic mass is 9.87. The van der Waals surface area contributed by atoms with Crippen LogP contribution in [0.1, 0.15) is 26.3 Å². The molecule has 1 aliphatic heterocycles. The van der Waals surface area contributed by atoms with Gasteiger partial charge in [0.05, 0.1) is 16.9 Å². The number of anilines is 2. The summed E-state index contributed by atoms with van der Waals surface area (Å²) >= 11 is 1.50. The van der Waals surface area contributed by atoms with Gasteiger partial charge < -0.3 is 10.1 Å². The minimum atomic E-state index is -0.265. The highest BCUT2D eigenvalue weighted by Crippen LogP contribution is 2.36. The molecule has 1 N–H and O–H groups in total. The molecule has 2 amide bonds.